The van der Waals surface area contributed by atoms with E-state index in [1.807, 2.05) is 18.5 Å². The van der Waals surface area contributed by atoms with E-state index in [9.17, 15) is 0 Å². The minimum absolute atomic E-state index is 0.606. The number of hydrogen-bond acceptors (Lipinski definition) is 7. The van der Waals surface area contributed by atoms with E-state index in [1.165, 1.54) is 32.5 Å². The Balaban J connectivity index is 1.19. The molecule has 2 N–H and O–H groups in total. The SMILES string of the molecule is COCCNC(=S)NCC1CC2CCN1CC2CN1CCN(c2ncccn2)CC1. The van der Waals surface area contributed by atoms with Crippen LogP contribution >= 0.6 is 12.2 Å². The van der Waals surface area contributed by atoms with Crippen LogP contribution in [-0.4, -0.2) is 104 Å². The van der Waals surface area contributed by atoms with Crippen LogP contribution in [0.5, 0.6) is 0 Å². The van der Waals surface area contributed by atoms with Crippen LogP contribution in [0.25, 0.3) is 0 Å². The Hall–Kier alpha value is -1.55. The molecule has 4 saturated heterocycles. The number of methoxy groups -OCH3 is 1. The first-order chi connectivity index (χ1) is 14.7. The number of nitrogens with one attached hydrogen (secondary N) is 2. The lowest BCUT2D eigenvalue weighted by molar-refractivity contribution is -0.0110. The van der Waals surface area contributed by atoms with Crippen molar-refractivity contribution in [2.75, 3.05) is 77.5 Å². The summed E-state index contributed by atoms with van der Waals surface area (Å²) in [6.07, 6.45) is 6.29. The van der Waals surface area contributed by atoms with E-state index in [4.69, 9.17) is 17.0 Å². The van der Waals surface area contributed by atoms with Gasteiger partial charge >= 0.3 is 0 Å². The summed E-state index contributed by atoms with van der Waals surface area (Å²) in [5, 5.41) is 7.35. The van der Waals surface area contributed by atoms with Gasteiger partial charge in [-0.3, -0.25) is 9.80 Å². The highest BCUT2D eigenvalue weighted by Gasteiger charge is 2.40. The molecular weight excluding hydrogens is 398 g/mol. The van der Waals surface area contributed by atoms with Crippen molar-refractivity contribution in [1.82, 2.24) is 30.4 Å². The third-order valence-electron chi connectivity index (χ3n) is 6.80. The van der Waals surface area contributed by atoms with E-state index < -0.39 is 0 Å². The lowest BCUT2D eigenvalue weighted by atomic mass is 9.75. The predicted molar refractivity (Wildman–Crippen MR) is 123 cm³/mol. The van der Waals surface area contributed by atoms with Crippen LogP contribution in [0.2, 0.25) is 0 Å². The molecule has 30 heavy (non-hydrogen) atoms. The Labute approximate surface area is 185 Å². The number of thiocarbonyl (C=S) groups is 1. The monoisotopic (exact) mass is 433 g/mol. The molecule has 9 heteroatoms. The number of nitrogens with zero attached hydrogens (tertiary/aromatic N) is 5. The van der Waals surface area contributed by atoms with Crippen LogP contribution in [0.3, 0.4) is 0 Å². The molecule has 4 atom stereocenters. The molecule has 2 bridgehead atoms. The van der Waals surface area contributed by atoms with E-state index in [2.05, 4.69) is 35.3 Å². The second kappa shape index (κ2) is 10.7. The normalized spacial score (nSPS) is 29.0. The van der Waals surface area contributed by atoms with E-state index in [0.717, 1.165) is 62.2 Å². The maximum absolute atomic E-state index is 5.38. The van der Waals surface area contributed by atoms with Crippen molar-refractivity contribution >= 4 is 23.3 Å². The zero-order chi connectivity index (χ0) is 20.8. The van der Waals surface area contributed by atoms with Crippen LogP contribution in [0, 0.1) is 11.8 Å². The van der Waals surface area contributed by atoms with Gasteiger partial charge in [-0.15, -0.1) is 0 Å². The fraction of sp³-hybridized carbons (Fsp3) is 0.762. The van der Waals surface area contributed by atoms with Gasteiger partial charge in [0.1, 0.15) is 0 Å². The molecule has 0 aliphatic carbocycles. The van der Waals surface area contributed by atoms with Crippen LogP contribution in [-0.2, 0) is 4.74 Å². The first-order valence-corrected chi connectivity index (χ1v) is 11.6. The summed E-state index contributed by atoms with van der Waals surface area (Å²) in [6.45, 7) is 10.3. The third kappa shape index (κ3) is 5.57. The van der Waals surface area contributed by atoms with Gasteiger partial charge in [-0.2, -0.15) is 0 Å². The zero-order valence-corrected chi connectivity index (χ0v) is 18.8. The number of fused-ring (bicyclic) bond motifs is 3. The Kier molecular flexibility index (Phi) is 7.70. The van der Waals surface area contributed by atoms with Gasteiger partial charge in [0.2, 0.25) is 5.95 Å². The molecule has 4 fully saturated rings. The fourth-order valence-corrected chi connectivity index (χ4v) is 5.31. The van der Waals surface area contributed by atoms with Crippen molar-refractivity contribution in [2.24, 2.45) is 11.8 Å². The second-order valence-corrected chi connectivity index (χ2v) is 9.07. The maximum Gasteiger partial charge on any atom is 0.225 e. The van der Waals surface area contributed by atoms with Gasteiger partial charge in [0.05, 0.1) is 6.61 Å². The van der Waals surface area contributed by atoms with Crippen LogP contribution in [0.1, 0.15) is 12.8 Å². The maximum atomic E-state index is 5.38. The number of rotatable bonds is 8. The minimum Gasteiger partial charge on any atom is -0.383 e. The highest BCUT2D eigenvalue weighted by atomic mass is 32.1. The van der Waals surface area contributed by atoms with Gasteiger partial charge in [-0.1, -0.05) is 0 Å². The van der Waals surface area contributed by atoms with Crippen LogP contribution in [0.15, 0.2) is 18.5 Å². The molecule has 0 saturated carbocycles. The quantitative estimate of drug-likeness (QED) is 0.448. The average Bonchev–Trinajstić information content (AvgIpc) is 2.80. The predicted octanol–water partition coefficient (Wildman–Crippen LogP) is 0.420. The Morgan fingerprint density at radius 3 is 2.67 bits per heavy atom. The molecule has 4 unspecified atom stereocenters. The molecule has 5 heterocycles. The molecule has 0 spiro atoms. The Morgan fingerprint density at radius 1 is 1.17 bits per heavy atom. The first-order valence-electron chi connectivity index (χ1n) is 11.2. The lowest BCUT2D eigenvalue weighted by Crippen LogP contribution is -2.59. The zero-order valence-electron chi connectivity index (χ0n) is 18.0. The number of aromatic nitrogens is 2. The topological polar surface area (TPSA) is 68.8 Å². The molecule has 166 valence electrons. The number of piperazine rings is 1. The van der Waals surface area contributed by atoms with Crippen molar-refractivity contribution in [1.29, 1.82) is 0 Å². The molecule has 4 aliphatic rings. The highest BCUT2D eigenvalue weighted by Crippen LogP contribution is 2.36. The smallest absolute Gasteiger partial charge is 0.225 e. The summed E-state index contributed by atoms with van der Waals surface area (Å²) < 4.78 is 5.06. The van der Waals surface area contributed by atoms with Gasteiger partial charge in [0, 0.05) is 77.9 Å². The van der Waals surface area contributed by atoms with Crippen LogP contribution in [0.4, 0.5) is 5.95 Å². The summed E-state index contributed by atoms with van der Waals surface area (Å²) in [5.41, 5.74) is 0. The van der Waals surface area contributed by atoms with Gasteiger partial charge in [0.25, 0.3) is 0 Å². The summed E-state index contributed by atoms with van der Waals surface area (Å²) in [4.78, 5) is 16.4. The lowest BCUT2D eigenvalue weighted by Gasteiger charge is -2.51. The highest BCUT2D eigenvalue weighted by molar-refractivity contribution is 7.80. The minimum atomic E-state index is 0.606. The van der Waals surface area contributed by atoms with E-state index in [0.29, 0.717) is 12.6 Å². The number of ether oxygens (including phenoxy) is 1. The van der Waals surface area contributed by atoms with E-state index in [1.54, 1.807) is 7.11 Å². The van der Waals surface area contributed by atoms with Gasteiger partial charge in [-0.25, -0.2) is 9.97 Å². The standard InChI is InChI=1S/C21H35N7OS/c1-29-12-6-24-21(30)25-14-19-13-17-3-7-28(19)16-18(17)15-26-8-10-27(11-9-26)20-22-4-2-5-23-20/h2,4-5,17-19H,3,6-16H2,1H3,(H2,24,25,30). The molecular formula is C21H35N7OS. The number of anilines is 1. The number of piperidine rings is 3. The van der Waals surface area contributed by atoms with Gasteiger partial charge in [-0.05, 0) is 49.5 Å². The molecule has 1 aromatic heterocycles. The largest absolute Gasteiger partial charge is 0.383 e. The third-order valence-corrected chi connectivity index (χ3v) is 7.09. The molecule has 5 rings (SSSR count). The number of hydrogen-bond donors (Lipinski definition) is 2. The van der Waals surface area contributed by atoms with Crippen molar-refractivity contribution in [3.8, 4) is 0 Å². The summed E-state index contributed by atoms with van der Waals surface area (Å²) >= 11 is 5.38. The van der Waals surface area contributed by atoms with Crippen molar-refractivity contribution in [3.63, 3.8) is 0 Å². The Bertz CT molecular complexity index is 671. The molecule has 8 nitrogen and oxygen atoms in total. The molecule has 0 aromatic carbocycles. The van der Waals surface area contributed by atoms with E-state index in [-0.39, 0.29) is 0 Å². The Morgan fingerprint density at radius 2 is 1.97 bits per heavy atom. The molecule has 0 amide bonds. The first kappa shape index (κ1) is 21.7. The average molecular weight is 434 g/mol. The second-order valence-electron chi connectivity index (χ2n) is 8.66. The van der Waals surface area contributed by atoms with Crippen molar-refractivity contribution < 1.29 is 4.74 Å². The molecule has 1 aromatic rings. The molecule has 4 aliphatic heterocycles. The van der Waals surface area contributed by atoms with Gasteiger partial charge in [0.15, 0.2) is 5.11 Å². The summed E-state index contributed by atoms with van der Waals surface area (Å²) in [6, 6.07) is 2.48. The van der Waals surface area contributed by atoms with Crippen LogP contribution < -0.4 is 15.5 Å². The van der Waals surface area contributed by atoms with Crippen molar-refractivity contribution in [3.05, 3.63) is 18.5 Å². The fourth-order valence-electron chi connectivity index (χ4n) is 5.12. The molecule has 0 radical (unpaired) electrons. The summed E-state index contributed by atoms with van der Waals surface area (Å²) in [7, 11) is 1.71. The van der Waals surface area contributed by atoms with Gasteiger partial charge < -0.3 is 20.3 Å². The van der Waals surface area contributed by atoms with Crippen molar-refractivity contribution in [2.45, 2.75) is 18.9 Å². The summed E-state index contributed by atoms with van der Waals surface area (Å²) in [5.74, 6) is 2.50. The van der Waals surface area contributed by atoms with E-state index >= 15 is 0 Å².